The van der Waals surface area contributed by atoms with E-state index in [1.807, 2.05) is 0 Å². The van der Waals surface area contributed by atoms with Crippen LogP contribution in [0.2, 0.25) is 0 Å². The summed E-state index contributed by atoms with van der Waals surface area (Å²) in [6.07, 6.45) is 5.51. The second-order valence-electron chi connectivity index (χ2n) is 6.81. The molecule has 0 heterocycles. The maximum Gasteiger partial charge on any atom is 0.0361 e. The van der Waals surface area contributed by atoms with Crippen molar-refractivity contribution in [2.45, 2.75) is 52.1 Å². The monoisotopic (exact) mass is 274 g/mol. The van der Waals surface area contributed by atoms with E-state index in [0.717, 1.165) is 18.4 Å². The fourth-order valence-electron chi connectivity index (χ4n) is 3.19. The summed E-state index contributed by atoms with van der Waals surface area (Å²) in [5, 5.41) is 3.76. The molecule has 0 spiro atoms. The first-order valence-electron chi connectivity index (χ1n) is 8.06. The second kappa shape index (κ2) is 7.12. The Hall–Kier alpha value is -1.02. The number of rotatable bonds is 5. The van der Waals surface area contributed by atoms with E-state index < -0.39 is 0 Å². The van der Waals surface area contributed by atoms with Gasteiger partial charge in [-0.3, -0.25) is 0 Å². The largest absolute Gasteiger partial charge is 0.378 e. The second-order valence-corrected chi connectivity index (χ2v) is 6.81. The number of benzene rings is 1. The van der Waals surface area contributed by atoms with Crippen molar-refractivity contribution in [3.8, 4) is 0 Å². The summed E-state index contributed by atoms with van der Waals surface area (Å²) in [6, 6.07) is 9.60. The molecule has 0 bridgehead atoms. The van der Waals surface area contributed by atoms with E-state index >= 15 is 0 Å². The van der Waals surface area contributed by atoms with Crippen LogP contribution in [0.15, 0.2) is 24.3 Å². The first-order valence-corrected chi connectivity index (χ1v) is 8.06. The van der Waals surface area contributed by atoms with E-state index in [1.165, 1.54) is 36.9 Å². The van der Waals surface area contributed by atoms with E-state index in [9.17, 15) is 0 Å². The van der Waals surface area contributed by atoms with Gasteiger partial charge in [-0.25, -0.2) is 0 Å². The summed E-state index contributed by atoms with van der Waals surface area (Å²) >= 11 is 0. The molecule has 0 amide bonds. The van der Waals surface area contributed by atoms with Crippen LogP contribution in [0.5, 0.6) is 0 Å². The van der Waals surface area contributed by atoms with Crippen molar-refractivity contribution in [2.24, 2.45) is 11.8 Å². The summed E-state index contributed by atoms with van der Waals surface area (Å²) < 4.78 is 0. The Kier molecular flexibility index (Phi) is 5.47. The molecule has 1 aromatic rings. The lowest BCUT2D eigenvalue weighted by molar-refractivity contribution is 0.231. The molecule has 2 atom stereocenters. The van der Waals surface area contributed by atoms with Gasteiger partial charge in [0.25, 0.3) is 0 Å². The Morgan fingerprint density at radius 2 is 1.85 bits per heavy atom. The van der Waals surface area contributed by atoms with E-state index in [4.69, 9.17) is 0 Å². The lowest BCUT2D eigenvalue weighted by atomic mass is 9.79. The van der Waals surface area contributed by atoms with Gasteiger partial charge in [-0.2, -0.15) is 0 Å². The zero-order valence-corrected chi connectivity index (χ0v) is 13.5. The number of nitrogens with one attached hydrogen (secondary N) is 1. The molecule has 0 aliphatic heterocycles. The van der Waals surface area contributed by atoms with Crippen molar-refractivity contribution in [3.05, 3.63) is 29.8 Å². The molecule has 1 saturated carbocycles. The van der Waals surface area contributed by atoms with E-state index in [2.05, 4.69) is 62.4 Å². The Labute approximate surface area is 124 Å². The van der Waals surface area contributed by atoms with Crippen molar-refractivity contribution in [1.29, 1.82) is 0 Å². The van der Waals surface area contributed by atoms with Gasteiger partial charge in [-0.15, -0.1) is 0 Å². The fourth-order valence-corrected chi connectivity index (χ4v) is 3.19. The Morgan fingerprint density at radius 3 is 2.45 bits per heavy atom. The third kappa shape index (κ3) is 4.24. The van der Waals surface area contributed by atoms with Gasteiger partial charge >= 0.3 is 0 Å². The van der Waals surface area contributed by atoms with Crippen molar-refractivity contribution < 1.29 is 0 Å². The SMILES string of the molecule is CC(C)C1CCCC(NCc2ccc(N(C)C)cc2)C1. The molecular weight excluding hydrogens is 244 g/mol. The lowest BCUT2D eigenvalue weighted by Crippen LogP contribution is -2.35. The summed E-state index contributed by atoms with van der Waals surface area (Å²) in [5.74, 6) is 1.75. The van der Waals surface area contributed by atoms with Gasteiger partial charge in [0.2, 0.25) is 0 Å². The highest BCUT2D eigenvalue weighted by Crippen LogP contribution is 2.30. The highest BCUT2D eigenvalue weighted by Gasteiger charge is 2.23. The summed E-state index contributed by atoms with van der Waals surface area (Å²) in [6.45, 7) is 5.74. The van der Waals surface area contributed by atoms with Gasteiger partial charge in [-0.05, 0) is 42.4 Å². The van der Waals surface area contributed by atoms with Gasteiger partial charge in [0.1, 0.15) is 0 Å². The van der Waals surface area contributed by atoms with Gasteiger partial charge in [0, 0.05) is 32.4 Å². The maximum absolute atomic E-state index is 3.76. The predicted octanol–water partition coefficient (Wildman–Crippen LogP) is 4.06. The van der Waals surface area contributed by atoms with Gasteiger partial charge in [-0.1, -0.05) is 38.8 Å². The standard InChI is InChI=1S/C18H30N2/c1-14(2)16-6-5-7-17(12-16)19-13-15-8-10-18(11-9-15)20(3)4/h8-11,14,16-17,19H,5-7,12-13H2,1-4H3. The van der Waals surface area contributed by atoms with Crippen LogP contribution in [0.4, 0.5) is 5.69 Å². The molecule has 20 heavy (non-hydrogen) atoms. The van der Waals surface area contributed by atoms with Crippen molar-refractivity contribution in [3.63, 3.8) is 0 Å². The van der Waals surface area contributed by atoms with Crippen LogP contribution in [-0.2, 0) is 6.54 Å². The van der Waals surface area contributed by atoms with Gasteiger partial charge in [0.15, 0.2) is 0 Å². The van der Waals surface area contributed by atoms with Crippen LogP contribution >= 0.6 is 0 Å². The molecular formula is C18H30N2. The molecule has 1 aromatic carbocycles. The molecule has 0 saturated heterocycles. The summed E-state index contributed by atoms with van der Waals surface area (Å²) in [7, 11) is 4.17. The molecule has 1 aliphatic rings. The van der Waals surface area contributed by atoms with Crippen molar-refractivity contribution in [2.75, 3.05) is 19.0 Å². The molecule has 1 N–H and O–H groups in total. The number of nitrogens with zero attached hydrogens (tertiary/aromatic N) is 1. The maximum atomic E-state index is 3.76. The number of hydrogen-bond donors (Lipinski definition) is 1. The highest BCUT2D eigenvalue weighted by molar-refractivity contribution is 5.45. The normalized spacial score (nSPS) is 23.1. The van der Waals surface area contributed by atoms with E-state index in [1.54, 1.807) is 0 Å². The van der Waals surface area contributed by atoms with Crippen LogP contribution in [-0.4, -0.2) is 20.1 Å². The van der Waals surface area contributed by atoms with Crippen LogP contribution in [0.3, 0.4) is 0 Å². The zero-order valence-electron chi connectivity index (χ0n) is 13.5. The summed E-state index contributed by atoms with van der Waals surface area (Å²) in [4.78, 5) is 2.14. The predicted molar refractivity (Wildman–Crippen MR) is 88.2 cm³/mol. The fraction of sp³-hybridized carbons (Fsp3) is 0.667. The molecule has 2 heteroatoms. The Bertz CT molecular complexity index is 394. The molecule has 1 fully saturated rings. The zero-order chi connectivity index (χ0) is 14.5. The van der Waals surface area contributed by atoms with E-state index in [-0.39, 0.29) is 0 Å². The van der Waals surface area contributed by atoms with Gasteiger partial charge in [0.05, 0.1) is 0 Å². The van der Waals surface area contributed by atoms with Crippen LogP contribution in [0, 0.1) is 11.8 Å². The quantitative estimate of drug-likeness (QED) is 0.871. The highest BCUT2D eigenvalue weighted by atomic mass is 15.1. The number of anilines is 1. The van der Waals surface area contributed by atoms with Crippen molar-refractivity contribution >= 4 is 5.69 Å². The van der Waals surface area contributed by atoms with Crippen LogP contribution < -0.4 is 10.2 Å². The third-order valence-electron chi connectivity index (χ3n) is 4.71. The molecule has 112 valence electrons. The topological polar surface area (TPSA) is 15.3 Å². The van der Waals surface area contributed by atoms with Crippen LogP contribution in [0.25, 0.3) is 0 Å². The molecule has 2 rings (SSSR count). The molecule has 1 aliphatic carbocycles. The average molecular weight is 274 g/mol. The molecule has 2 unspecified atom stereocenters. The smallest absolute Gasteiger partial charge is 0.0361 e. The lowest BCUT2D eigenvalue weighted by Gasteiger charge is -2.32. The average Bonchev–Trinajstić information content (AvgIpc) is 2.46. The third-order valence-corrected chi connectivity index (χ3v) is 4.71. The Morgan fingerprint density at radius 1 is 1.15 bits per heavy atom. The Balaban J connectivity index is 1.82. The minimum Gasteiger partial charge on any atom is -0.378 e. The van der Waals surface area contributed by atoms with Crippen LogP contribution in [0.1, 0.15) is 45.1 Å². The van der Waals surface area contributed by atoms with Gasteiger partial charge < -0.3 is 10.2 Å². The van der Waals surface area contributed by atoms with E-state index in [0.29, 0.717) is 6.04 Å². The molecule has 2 nitrogen and oxygen atoms in total. The minimum atomic E-state index is 0.713. The summed E-state index contributed by atoms with van der Waals surface area (Å²) in [5.41, 5.74) is 2.66. The first kappa shape index (κ1) is 15.4. The minimum absolute atomic E-state index is 0.713. The molecule has 0 radical (unpaired) electrons. The van der Waals surface area contributed by atoms with Crippen molar-refractivity contribution in [1.82, 2.24) is 5.32 Å². The number of hydrogen-bond acceptors (Lipinski definition) is 2. The first-order chi connectivity index (χ1) is 9.56. The molecule has 0 aromatic heterocycles.